The van der Waals surface area contributed by atoms with Crippen LogP contribution in [0.2, 0.25) is 0 Å². The van der Waals surface area contributed by atoms with Gasteiger partial charge in [-0.15, -0.1) is 0 Å². The van der Waals surface area contributed by atoms with E-state index in [-0.39, 0.29) is 28.1 Å². The van der Waals surface area contributed by atoms with E-state index >= 15 is 0 Å². The number of fused-ring (bicyclic) bond motifs is 1. The van der Waals surface area contributed by atoms with Gasteiger partial charge in [-0.05, 0) is 20.8 Å². The number of hydrogen-bond donors (Lipinski definition) is 1. The summed E-state index contributed by atoms with van der Waals surface area (Å²) in [6.07, 6.45) is 0.561. The highest BCUT2D eigenvalue weighted by atomic mass is 16.4. The summed E-state index contributed by atoms with van der Waals surface area (Å²) < 4.78 is 7.68. The van der Waals surface area contributed by atoms with Crippen molar-refractivity contribution in [3.8, 4) is 0 Å². The van der Waals surface area contributed by atoms with Crippen LogP contribution in [-0.2, 0) is 14.1 Å². The summed E-state index contributed by atoms with van der Waals surface area (Å²) in [5, 5.41) is 3.13. The van der Waals surface area contributed by atoms with Crippen LogP contribution in [-0.4, -0.2) is 21.0 Å². The third-order valence-corrected chi connectivity index (χ3v) is 2.93. The summed E-state index contributed by atoms with van der Waals surface area (Å²) in [7, 11) is 2.85. The van der Waals surface area contributed by atoms with Crippen LogP contribution in [0.4, 0.5) is 5.88 Å². The largest absolute Gasteiger partial charge is 0.423 e. The number of anilines is 1. The molecule has 0 amide bonds. The molecule has 0 saturated heterocycles. The van der Waals surface area contributed by atoms with Crippen LogP contribution >= 0.6 is 0 Å². The smallest absolute Gasteiger partial charge is 0.333 e. The molecule has 2 rings (SSSR count). The number of furan rings is 1. The van der Waals surface area contributed by atoms with Gasteiger partial charge in [0.15, 0.2) is 6.29 Å². The first-order valence-electron chi connectivity index (χ1n) is 6.13. The predicted molar refractivity (Wildman–Crippen MR) is 75.5 cm³/mol. The highest BCUT2D eigenvalue weighted by molar-refractivity contribution is 6.00. The molecule has 0 fully saturated rings. The van der Waals surface area contributed by atoms with Crippen LogP contribution in [0.5, 0.6) is 0 Å². The Bertz CT molecular complexity index is 802. The molecule has 0 aromatic carbocycles. The molecule has 7 nitrogen and oxygen atoms in total. The first-order chi connectivity index (χ1) is 9.17. The third kappa shape index (κ3) is 2.04. The van der Waals surface area contributed by atoms with E-state index in [4.69, 9.17) is 4.42 Å². The van der Waals surface area contributed by atoms with Gasteiger partial charge in [0, 0.05) is 19.6 Å². The number of aldehydes is 1. The van der Waals surface area contributed by atoms with Crippen molar-refractivity contribution in [1.82, 2.24) is 9.13 Å². The Morgan fingerprint density at radius 2 is 1.75 bits per heavy atom. The van der Waals surface area contributed by atoms with Gasteiger partial charge in [0.1, 0.15) is 5.39 Å². The number of nitrogens with one attached hydrogen (secondary N) is 1. The van der Waals surface area contributed by atoms with Crippen molar-refractivity contribution in [1.29, 1.82) is 0 Å². The van der Waals surface area contributed by atoms with Crippen LogP contribution < -0.4 is 16.6 Å². The molecule has 0 aliphatic heterocycles. The van der Waals surface area contributed by atoms with Gasteiger partial charge in [-0.3, -0.25) is 18.7 Å². The van der Waals surface area contributed by atoms with Gasteiger partial charge in [0.2, 0.25) is 11.6 Å². The fourth-order valence-corrected chi connectivity index (χ4v) is 1.99. The van der Waals surface area contributed by atoms with Crippen molar-refractivity contribution >= 4 is 23.3 Å². The van der Waals surface area contributed by atoms with Gasteiger partial charge < -0.3 is 9.73 Å². The van der Waals surface area contributed by atoms with Crippen LogP contribution in [0, 0.1) is 0 Å². The monoisotopic (exact) mass is 279 g/mol. The lowest BCUT2D eigenvalue weighted by atomic mass is 10.1. The molecule has 2 aromatic rings. The summed E-state index contributed by atoms with van der Waals surface area (Å²) in [5.41, 5.74) is -1.18. The normalized spacial score (nSPS) is 11.8. The predicted octanol–water partition coefficient (Wildman–Crippen LogP) is 0.853. The highest BCUT2D eigenvalue weighted by Gasteiger charge is 2.23. The van der Waals surface area contributed by atoms with E-state index in [0.29, 0.717) is 6.29 Å². The minimum atomic E-state index is -0.545. The molecule has 108 valence electrons. The van der Waals surface area contributed by atoms with Gasteiger partial charge in [0.05, 0.1) is 5.56 Å². The molecule has 0 bridgehead atoms. The second-order valence-electron chi connectivity index (χ2n) is 5.72. The standard InChI is InChI=1S/C13H17N3O4/c1-13(2,3)14-9-7(6-17)8-10(18)15(4)12(19)16(5)11(8)20-9/h6,14H,1-5H3. The van der Waals surface area contributed by atoms with Crippen molar-refractivity contribution in [2.45, 2.75) is 26.3 Å². The van der Waals surface area contributed by atoms with Crippen LogP contribution in [0.1, 0.15) is 31.1 Å². The number of aromatic nitrogens is 2. The van der Waals surface area contributed by atoms with Gasteiger partial charge >= 0.3 is 5.69 Å². The molecule has 20 heavy (non-hydrogen) atoms. The Morgan fingerprint density at radius 3 is 2.25 bits per heavy atom. The van der Waals surface area contributed by atoms with Crippen molar-refractivity contribution in [3.63, 3.8) is 0 Å². The number of rotatable bonds is 2. The lowest BCUT2D eigenvalue weighted by Crippen LogP contribution is -2.36. The highest BCUT2D eigenvalue weighted by Crippen LogP contribution is 2.27. The molecule has 0 aliphatic rings. The number of hydrogen-bond acceptors (Lipinski definition) is 5. The van der Waals surface area contributed by atoms with Crippen LogP contribution in [0.15, 0.2) is 14.0 Å². The summed E-state index contributed by atoms with van der Waals surface area (Å²) in [5.74, 6) is 0.195. The van der Waals surface area contributed by atoms with E-state index in [1.165, 1.54) is 18.7 Å². The molecule has 0 atom stereocenters. The number of carbonyl (C=O) groups excluding carboxylic acids is 1. The van der Waals surface area contributed by atoms with Gasteiger partial charge in [0.25, 0.3) is 5.56 Å². The zero-order chi connectivity index (χ0) is 15.2. The number of carbonyl (C=O) groups is 1. The molecule has 1 N–H and O–H groups in total. The van der Waals surface area contributed by atoms with Crippen molar-refractivity contribution < 1.29 is 9.21 Å². The van der Waals surface area contributed by atoms with Crippen LogP contribution in [0.25, 0.3) is 11.1 Å². The van der Waals surface area contributed by atoms with Crippen LogP contribution in [0.3, 0.4) is 0 Å². The zero-order valence-electron chi connectivity index (χ0n) is 12.1. The molecule has 0 radical (unpaired) electrons. The van der Waals surface area contributed by atoms with E-state index in [0.717, 1.165) is 4.57 Å². The SMILES string of the molecule is Cn1c(=O)c2c(C=O)c(NC(C)(C)C)oc2n(C)c1=O. The number of aryl methyl sites for hydroxylation is 1. The Kier molecular flexibility index (Phi) is 3.08. The Morgan fingerprint density at radius 1 is 1.15 bits per heavy atom. The lowest BCUT2D eigenvalue weighted by molar-refractivity contribution is 0.112. The third-order valence-electron chi connectivity index (χ3n) is 2.93. The lowest BCUT2D eigenvalue weighted by Gasteiger charge is -2.19. The zero-order valence-corrected chi connectivity index (χ0v) is 12.1. The Hall–Kier alpha value is -2.31. The molecule has 2 aromatic heterocycles. The minimum Gasteiger partial charge on any atom is -0.423 e. The molecule has 0 spiro atoms. The summed E-state index contributed by atoms with van der Waals surface area (Å²) >= 11 is 0. The van der Waals surface area contributed by atoms with E-state index < -0.39 is 11.2 Å². The quantitative estimate of drug-likeness (QED) is 0.824. The first-order valence-corrected chi connectivity index (χ1v) is 6.13. The van der Waals surface area contributed by atoms with Gasteiger partial charge in [-0.2, -0.15) is 0 Å². The average molecular weight is 279 g/mol. The molecular formula is C13H17N3O4. The van der Waals surface area contributed by atoms with Crippen molar-refractivity contribution in [2.24, 2.45) is 14.1 Å². The molecule has 0 unspecified atom stereocenters. The Labute approximate surface area is 114 Å². The maximum Gasteiger partial charge on any atom is 0.333 e. The van der Waals surface area contributed by atoms with E-state index in [2.05, 4.69) is 5.32 Å². The molecular weight excluding hydrogens is 262 g/mol. The molecule has 0 aliphatic carbocycles. The number of nitrogens with zero attached hydrogens (tertiary/aromatic N) is 2. The maximum absolute atomic E-state index is 12.2. The second-order valence-corrected chi connectivity index (χ2v) is 5.72. The van der Waals surface area contributed by atoms with E-state index in [9.17, 15) is 14.4 Å². The van der Waals surface area contributed by atoms with E-state index in [1.54, 1.807) is 0 Å². The van der Waals surface area contributed by atoms with Crippen molar-refractivity contribution in [3.05, 3.63) is 26.4 Å². The summed E-state index contributed by atoms with van der Waals surface area (Å²) in [6.45, 7) is 5.68. The van der Waals surface area contributed by atoms with Crippen molar-refractivity contribution in [2.75, 3.05) is 5.32 Å². The molecule has 7 heteroatoms. The fraction of sp³-hybridized carbons (Fsp3) is 0.462. The molecule has 0 saturated carbocycles. The second kappa shape index (κ2) is 4.36. The van der Waals surface area contributed by atoms with E-state index in [1.807, 2.05) is 20.8 Å². The summed E-state index contributed by atoms with van der Waals surface area (Å²) in [6, 6.07) is 0. The summed E-state index contributed by atoms with van der Waals surface area (Å²) in [4.78, 5) is 35.3. The Balaban J connectivity index is 2.92. The topological polar surface area (TPSA) is 86.2 Å². The maximum atomic E-state index is 12.2. The fourth-order valence-electron chi connectivity index (χ4n) is 1.99. The van der Waals surface area contributed by atoms with Gasteiger partial charge in [-0.1, -0.05) is 0 Å². The minimum absolute atomic E-state index is 0.0898. The van der Waals surface area contributed by atoms with Gasteiger partial charge in [-0.25, -0.2) is 4.79 Å². The first kappa shape index (κ1) is 14.1. The average Bonchev–Trinajstić information content (AvgIpc) is 2.70. The molecule has 2 heterocycles.